The summed E-state index contributed by atoms with van der Waals surface area (Å²) in [6, 6.07) is 24.0. The molecular weight excluding hydrogens is 769 g/mol. The Kier molecular flexibility index (Phi) is 22.1. The summed E-state index contributed by atoms with van der Waals surface area (Å²) in [6.45, 7) is 3.98. The maximum atomic E-state index is 11.8. The smallest absolute Gasteiger partial charge is 0.267 e. The minimum Gasteiger partial charge on any atom is -0.494 e. The van der Waals surface area contributed by atoms with Gasteiger partial charge in [-0.1, -0.05) is 36.4 Å². The lowest BCUT2D eigenvalue weighted by molar-refractivity contribution is -0.114. The average molecular weight is 817 g/mol. The van der Waals surface area contributed by atoms with Crippen LogP contribution in [0.5, 0.6) is 11.5 Å². The number of carbonyl (C=O) groups is 2. The number of benzene rings is 3. The quantitative estimate of drug-likeness (QED) is 0.0242. The average Bonchev–Trinajstić information content (AvgIpc) is 3.13. The number of aliphatic hydroxyl groups is 2. The van der Waals surface area contributed by atoms with Crippen molar-refractivity contribution in [2.24, 2.45) is 11.5 Å². The highest BCUT2D eigenvalue weighted by molar-refractivity contribution is 7.86. The van der Waals surface area contributed by atoms with Gasteiger partial charge in [-0.05, 0) is 91.6 Å². The minimum absolute atomic E-state index is 0.0579. The fourth-order valence-corrected chi connectivity index (χ4v) is 4.79. The lowest BCUT2D eigenvalue weighted by Crippen LogP contribution is -2.13. The minimum atomic E-state index is -3.92. The van der Waals surface area contributed by atoms with E-state index in [9.17, 15) is 26.4 Å². The Balaban J connectivity index is 0.000000433. The number of hydrogen-bond donors (Lipinski definition) is 8. The second kappa shape index (κ2) is 25.6. The number of hydrogen-bond acceptors (Lipinski definition) is 12. The number of carbonyl (C=O) groups excluding carboxylic acids is 2. The van der Waals surface area contributed by atoms with Crippen molar-refractivity contribution in [2.45, 2.75) is 25.2 Å². The van der Waals surface area contributed by atoms with Crippen molar-refractivity contribution in [3.05, 3.63) is 132 Å². The maximum Gasteiger partial charge on any atom is 0.267 e. The number of aliphatic hydroxyl groups excluding tert-OH is 2. The van der Waals surface area contributed by atoms with Crippen molar-refractivity contribution >= 4 is 43.5 Å². The van der Waals surface area contributed by atoms with Gasteiger partial charge in [-0.25, -0.2) is 0 Å². The van der Waals surface area contributed by atoms with Crippen molar-refractivity contribution in [3.63, 3.8) is 0 Å². The van der Waals surface area contributed by atoms with Crippen molar-refractivity contribution in [2.75, 3.05) is 37.9 Å². The first-order valence-electron chi connectivity index (χ1n) is 16.8. The Bertz CT molecular complexity index is 1910. The Morgan fingerprint density at radius 2 is 1.12 bits per heavy atom. The topological polar surface area (TPSA) is 302 Å². The van der Waals surface area contributed by atoms with E-state index in [0.717, 1.165) is 36.3 Å². The highest BCUT2D eigenvalue weighted by atomic mass is 32.2. The molecule has 56 heavy (non-hydrogen) atoms. The first-order valence-corrected chi connectivity index (χ1v) is 20.0. The molecule has 0 aromatic heterocycles. The fraction of sp³-hybridized carbons (Fsp3) is 0.263. The second-order valence-corrected chi connectivity index (χ2v) is 14.6. The summed E-state index contributed by atoms with van der Waals surface area (Å²) in [7, 11) is -7.85. The van der Waals surface area contributed by atoms with E-state index in [-0.39, 0.29) is 29.2 Å². The summed E-state index contributed by atoms with van der Waals surface area (Å²) in [6.07, 6.45) is 8.58. The van der Waals surface area contributed by atoms with Crippen molar-refractivity contribution in [1.29, 1.82) is 10.8 Å². The number of nitrogen functional groups attached to an aromatic ring is 2. The molecule has 0 aliphatic heterocycles. The number of rotatable bonds is 17. The molecule has 4 rings (SSSR count). The lowest BCUT2D eigenvalue weighted by Gasteiger charge is -2.16. The van der Waals surface area contributed by atoms with E-state index in [1.54, 1.807) is 30.3 Å². The molecule has 0 saturated carbocycles. The summed E-state index contributed by atoms with van der Waals surface area (Å²) in [4.78, 5) is 23.1. The highest BCUT2D eigenvalue weighted by Gasteiger charge is 2.21. The second-order valence-electron chi connectivity index (χ2n) is 11.5. The van der Waals surface area contributed by atoms with Gasteiger partial charge in [0.2, 0.25) is 0 Å². The third kappa shape index (κ3) is 21.4. The van der Waals surface area contributed by atoms with E-state index in [4.69, 9.17) is 51.1 Å². The van der Waals surface area contributed by atoms with Gasteiger partial charge >= 0.3 is 0 Å². The Morgan fingerprint density at radius 1 is 0.696 bits per heavy atom. The Hall–Kier alpha value is -5.50. The van der Waals surface area contributed by atoms with Crippen LogP contribution in [0.2, 0.25) is 0 Å². The van der Waals surface area contributed by atoms with Crippen LogP contribution >= 0.6 is 0 Å². The number of unbranched alkanes of at least 4 members (excludes halogenated alkanes) is 2. The van der Waals surface area contributed by atoms with Crippen LogP contribution < -0.4 is 20.9 Å². The van der Waals surface area contributed by atoms with Gasteiger partial charge in [0.15, 0.2) is 11.6 Å². The number of nitrogens with one attached hydrogen (secondary N) is 2. The molecule has 0 spiro atoms. The summed E-state index contributed by atoms with van der Waals surface area (Å²) in [5.74, 6) is 0.0296. The number of amidine groups is 2. The normalized spacial score (nSPS) is 12.5. The molecule has 10 N–H and O–H groups in total. The number of ether oxygens (including phenoxy) is 2. The molecule has 1 unspecified atom stereocenters. The predicted octanol–water partition coefficient (Wildman–Crippen LogP) is 3.21. The van der Waals surface area contributed by atoms with Crippen LogP contribution in [-0.4, -0.2) is 97.3 Å². The van der Waals surface area contributed by atoms with Crippen molar-refractivity contribution < 1.29 is 55.2 Å². The molecule has 16 nitrogen and oxygen atoms in total. The predicted molar refractivity (Wildman–Crippen MR) is 213 cm³/mol. The Labute approximate surface area is 326 Å². The molecule has 1 aliphatic carbocycles. The van der Waals surface area contributed by atoms with E-state index in [2.05, 4.69) is 6.58 Å². The molecule has 0 saturated heterocycles. The molecule has 3 aromatic carbocycles. The zero-order valence-electron chi connectivity index (χ0n) is 30.5. The lowest BCUT2D eigenvalue weighted by atomic mass is 9.86. The van der Waals surface area contributed by atoms with Crippen LogP contribution in [0.4, 0.5) is 0 Å². The first-order chi connectivity index (χ1) is 26.4. The molecule has 1 atom stereocenters. The van der Waals surface area contributed by atoms with Crippen LogP contribution in [0.3, 0.4) is 0 Å². The molecule has 0 radical (unpaired) electrons. The van der Waals surface area contributed by atoms with E-state index in [1.165, 1.54) is 18.2 Å². The van der Waals surface area contributed by atoms with Crippen LogP contribution in [0.25, 0.3) is 0 Å². The number of allylic oxidation sites excluding steroid dienone is 5. The van der Waals surface area contributed by atoms with Gasteiger partial charge in [-0.15, -0.1) is 6.58 Å². The molecule has 0 bridgehead atoms. The van der Waals surface area contributed by atoms with Crippen LogP contribution in [0.15, 0.2) is 115 Å². The van der Waals surface area contributed by atoms with Gasteiger partial charge in [0.1, 0.15) is 23.2 Å². The fourth-order valence-electron chi connectivity index (χ4n) is 4.33. The molecule has 304 valence electrons. The first kappa shape index (κ1) is 48.5. The third-order valence-corrected chi connectivity index (χ3v) is 8.46. The Morgan fingerprint density at radius 3 is 1.46 bits per heavy atom. The molecule has 18 heteroatoms. The van der Waals surface area contributed by atoms with Gasteiger partial charge in [-0.3, -0.25) is 29.5 Å². The highest BCUT2D eigenvalue weighted by Crippen LogP contribution is 2.27. The van der Waals surface area contributed by atoms with Gasteiger partial charge < -0.3 is 31.2 Å². The summed E-state index contributed by atoms with van der Waals surface area (Å²) in [5, 5.41) is 30.4. The van der Waals surface area contributed by atoms with Crippen LogP contribution in [-0.2, 0) is 29.8 Å². The summed E-state index contributed by atoms with van der Waals surface area (Å²) in [5.41, 5.74) is 13.7. The SMILES string of the molecule is C=CC(C1=CC(=O)C=CC1=O)c1ccccc1.N=C(N)c1ccc(OCCCCCOc2ccc(C(=N)N)cc2)cc1.O=S(=O)(O)CCO.O=S(=O)(O)CCO. The summed E-state index contributed by atoms with van der Waals surface area (Å²) < 4.78 is 65.5. The van der Waals surface area contributed by atoms with Gasteiger partial charge in [0.05, 0.1) is 37.9 Å². The number of ketones is 2. The maximum absolute atomic E-state index is 11.8. The van der Waals surface area contributed by atoms with Crippen LogP contribution in [0, 0.1) is 10.8 Å². The molecule has 0 amide bonds. The molecule has 3 aromatic rings. The van der Waals surface area contributed by atoms with Gasteiger partial charge in [-0.2, -0.15) is 16.8 Å². The zero-order valence-corrected chi connectivity index (χ0v) is 32.1. The van der Waals surface area contributed by atoms with E-state index in [0.29, 0.717) is 29.9 Å². The molecular formula is C38H48N4O12S2. The standard InChI is InChI=1S/C19H24N4O2.C15H12O2.2C2H6O4S/c20-18(21)14-4-8-16(9-5-14)24-12-2-1-3-13-25-17-10-6-15(7-11-17)19(22)23;1-2-13(11-6-4-3-5-7-11)14-10-12(16)8-9-15(14)17;2*3-1-2-7(4,5)6/h4-11H,1-3,12-13H2,(H3,20,21)(H3,22,23);2-10,13H,1H2;2*3H,1-2H2,(H,4,5,6). The molecule has 1 aliphatic rings. The molecule has 0 heterocycles. The van der Waals surface area contributed by atoms with Gasteiger partial charge in [0, 0.05) is 22.6 Å². The van der Waals surface area contributed by atoms with Crippen molar-refractivity contribution in [3.8, 4) is 11.5 Å². The summed E-state index contributed by atoms with van der Waals surface area (Å²) >= 11 is 0. The third-order valence-electron chi connectivity index (χ3n) is 7.07. The van der Waals surface area contributed by atoms with E-state index < -0.39 is 45.0 Å². The zero-order chi connectivity index (χ0) is 42.1. The van der Waals surface area contributed by atoms with Crippen LogP contribution in [0.1, 0.15) is 41.9 Å². The number of nitrogens with two attached hydrogens (primary N) is 2. The van der Waals surface area contributed by atoms with E-state index in [1.807, 2.05) is 54.6 Å². The molecule has 0 fully saturated rings. The van der Waals surface area contributed by atoms with Gasteiger partial charge in [0.25, 0.3) is 20.2 Å². The monoisotopic (exact) mass is 816 g/mol. The largest absolute Gasteiger partial charge is 0.494 e. The van der Waals surface area contributed by atoms with Crippen molar-refractivity contribution in [1.82, 2.24) is 0 Å². The van der Waals surface area contributed by atoms with E-state index >= 15 is 0 Å².